The van der Waals surface area contributed by atoms with E-state index >= 15 is 0 Å². The number of nitrogen functional groups attached to an aromatic ring is 1. The van der Waals surface area contributed by atoms with E-state index in [1.807, 2.05) is 31.1 Å². The Hall–Kier alpha value is -2.27. The van der Waals surface area contributed by atoms with Crippen molar-refractivity contribution in [2.45, 2.75) is 0 Å². The molecule has 2 rings (SSSR count). The van der Waals surface area contributed by atoms with Gasteiger partial charge in [0.25, 0.3) is 5.91 Å². The summed E-state index contributed by atoms with van der Waals surface area (Å²) in [6.45, 7) is 1.34. The van der Waals surface area contributed by atoms with E-state index in [-0.39, 0.29) is 5.91 Å². The first-order valence-electron chi connectivity index (χ1n) is 6.43. The third-order valence-corrected chi connectivity index (χ3v) is 2.95. The maximum Gasteiger partial charge on any atom is 0.293 e. The molecule has 0 saturated carbocycles. The van der Waals surface area contributed by atoms with Crippen molar-refractivity contribution in [3.63, 3.8) is 0 Å². The average molecular weight is 273 g/mol. The highest BCUT2D eigenvalue weighted by atomic mass is 16.3. The number of hydrogen-bond acceptors (Lipinski definition) is 4. The molecule has 1 heterocycles. The van der Waals surface area contributed by atoms with E-state index in [1.54, 1.807) is 29.2 Å². The Labute approximate surface area is 118 Å². The van der Waals surface area contributed by atoms with Gasteiger partial charge in [-0.05, 0) is 50.5 Å². The molecule has 0 aliphatic rings. The predicted molar refractivity (Wildman–Crippen MR) is 79.8 cm³/mol. The minimum atomic E-state index is -0.151. The topological polar surface area (TPSA) is 62.7 Å². The van der Waals surface area contributed by atoms with E-state index in [2.05, 4.69) is 0 Å². The normalized spacial score (nSPS) is 10.8. The van der Waals surface area contributed by atoms with Gasteiger partial charge >= 0.3 is 0 Å². The van der Waals surface area contributed by atoms with Crippen molar-refractivity contribution in [1.29, 1.82) is 0 Å². The van der Waals surface area contributed by atoms with Crippen LogP contribution in [-0.4, -0.2) is 38.0 Å². The number of likely N-dealkylation sites (N-methyl/N-ethyl adjacent to an activating group) is 1. The van der Waals surface area contributed by atoms with Crippen molar-refractivity contribution in [3.05, 3.63) is 48.4 Å². The lowest BCUT2D eigenvalue weighted by molar-refractivity contribution is 0.0958. The van der Waals surface area contributed by atoms with Crippen molar-refractivity contribution in [2.24, 2.45) is 0 Å². The summed E-state index contributed by atoms with van der Waals surface area (Å²) in [6, 6.07) is 10.6. The fourth-order valence-corrected chi connectivity index (χ4v) is 1.84. The van der Waals surface area contributed by atoms with Gasteiger partial charge in [-0.15, -0.1) is 0 Å². The summed E-state index contributed by atoms with van der Waals surface area (Å²) in [5, 5.41) is 0. The van der Waals surface area contributed by atoms with Gasteiger partial charge in [-0.3, -0.25) is 4.79 Å². The van der Waals surface area contributed by atoms with Crippen LogP contribution in [0.3, 0.4) is 0 Å². The highest BCUT2D eigenvalue weighted by Crippen LogP contribution is 2.19. The van der Waals surface area contributed by atoms with Crippen molar-refractivity contribution in [2.75, 3.05) is 37.8 Å². The maximum atomic E-state index is 12.5. The van der Waals surface area contributed by atoms with Gasteiger partial charge in [0.1, 0.15) is 0 Å². The Bertz CT molecular complexity index is 547. The van der Waals surface area contributed by atoms with Crippen LogP contribution in [0.25, 0.3) is 0 Å². The molecule has 0 unspecified atom stereocenters. The summed E-state index contributed by atoms with van der Waals surface area (Å²) in [4.78, 5) is 16.2. The van der Waals surface area contributed by atoms with Crippen LogP contribution in [0.15, 0.2) is 47.1 Å². The van der Waals surface area contributed by atoms with E-state index in [9.17, 15) is 4.79 Å². The van der Waals surface area contributed by atoms with Crippen LogP contribution >= 0.6 is 0 Å². The number of benzene rings is 1. The fraction of sp³-hybridized carbons (Fsp3) is 0.267. The average Bonchev–Trinajstić information content (AvgIpc) is 2.94. The Morgan fingerprint density at radius 1 is 1.15 bits per heavy atom. The number of nitrogens with two attached hydrogens (primary N) is 1. The molecule has 2 N–H and O–H groups in total. The predicted octanol–water partition coefficient (Wildman–Crippen LogP) is 2.07. The molecular weight excluding hydrogens is 254 g/mol. The van der Waals surface area contributed by atoms with Gasteiger partial charge in [0, 0.05) is 24.5 Å². The zero-order chi connectivity index (χ0) is 14.5. The maximum absolute atomic E-state index is 12.5. The fourth-order valence-electron chi connectivity index (χ4n) is 1.84. The zero-order valence-corrected chi connectivity index (χ0v) is 11.7. The van der Waals surface area contributed by atoms with Gasteiger partial charge in [0.05, 0.1) is 6.26 Å². The van der Waals surface area contributed by atoms with Crippen LogP contribution in [-0.2, 0) is 0 Å². The quantitative estimate of drug-likeness (QED) is 0.847. The second-order valence-electron chi connectivity index (χ2n) is 4.83. The van der Waals surface area contributed by atoms with E-state index in [1.165, 1.54) is 6.26 Å². The Morgan fingerprint density at radius 2 is 1.85 bits per heavy atom. The Balaban J connectivity index is 2.24. The summed E-state index contributed by atoms with van der Waals surface area (Å²) in [5.74, 6) is 0.183. The molecule has 0 saturated heterocycles. The molecule has 5 nitrogen and oxygen atoms in total. The van der Waals surface area contributed by atoms with Crippen LogP contribution in [0, 0.1) is 0 Å². The summed E-state index contributed by atoms with van der Waals surface area (Å²) < 4.78 is 5.20. The first-order valence-corrected chi connectivity index (χ1v) is 6.43. The van der Waals surface area contributed by atoms with Crippen LogP contribution in [0.4, 0.5) is 11.4 Å². The highest BCUT2D eigenvalue weighted by Gasteiger charge is 2.19. The van der Waals surface area contributed by atoms with Crippen molar-refractivity contribution < 1.29 is 9.21 Å². The second-order valence-corrected chi connectivity index (χ2v) is 4.83. The SMILES string of the molecule is CN(C)CCN(C(=O)c1ccco1)c1ccc(N)cc1. The van der Waals surface area contributed by atoms with Crippen molar-refractivity contribution >= 4 is 17.3 Å². The monoisotopic (exact) mass is 273 g/mol. The van der Waals surface area contributed by atoms with Gasteiger partial charge in [0.15, 0.2) is 5.76 Å². The standard InChI is InChI=1S/C15H19N3O2/c1-17(2)9-10-18(13-7-5-12(16)6-8-13)15(19)14-4-3-11-20-14/h3-8,11H,9-10,16H2,1-2H3. The molecule has 1 aromatic carbocycles. The number of carbonyl (C=O) groups is 1. The minimum Gasteiger partial charge on any atom is -0.459 e. The molecule has 0 aliphatic heterocycles. The van der Waals surface area contributed by atoms with Crippen molar-refractivity contribution in [3.8, 4) is 0 Å². The largest absolute Gasteiger partial charge is 0.459 e. The van der Waals surface area contributed by atoms with Crippen LogP contribution in [0.5, 0.6) is 0 Å². The van der Waals surface area contributed by atoms with E-state index in [4.69, 9.17) is 10.2 Å². The lowest BCUT2D eigenvalue weighted by atomic mass is 10.2. The number of anilines is 2. The summed E-state index contributed by atoms with van der Waals surface area (Å²) in [6.07, 6.45) is 1.50. The third kappa shape index (κ3) is 3.39. The van der Waals surface area contributed by atoms with Gasteiger partial charge < -0.3 is 20.0 Å². The van der Waals surface area contributed by atoms with E-state index < -0.39 is 0 Å². The van der Waals surface area contributed by atoms with E-state index in [0.29, 0.717) is 18.0 Å². The van der Waals surface area contributed by atoms with Crippen LogP contribution < -0.4 is 10.6 Å². The second kappa shape index (κ2) is 6.25. The van der Waals surface area contributed by atoms with Gasteiger partial charge in [-0.2, -0.15) is 0 Å². The summed E-state index contributed by atoms with van der Waals surface area (Å²) in [5.41, 5.74) is 7.17. The summed E-state index contributed by atoms with van der Waals surface area (Å²) in [7, 11) is 3.94. The molecule has 20 heavy (non-hydrogen) atoms. The molecule has 1 amide bonds. The molecule has 1 aromatic heterocycles. The molecule has 5 heteroatoms. The number of carbonyl (C=O) groups excluding carboxylic acids is 1. The highest BCUT2D eigenvalue weighted by molar-refractivity contribution is 6.04. The molecule has 0 fully saturated rings. The molecule has 0 atom stereocenters. The lowest BCUT2D eigenvalue weighted by Gasteiger charge is -2.23. The molecule has 2 aromatic rings. The lowest BCUT2D eigenvalue weighted by Crippen LogP contribution is -2.36. The van der Waals surface area contributed by atoms with Crippen LogP contribution in [0.1, 0.15) is 10.6 Å². The van der Waals surface area contributed by atoms with Gasteiger partial charge in [-0.25, -0.2) is 0 Å². The zero-order valence-electron chi connectivity index (χ0n) is 11.7. The Morgan fingerprint density at radius 3 is 2.40 bits per heavy atom. The number of amides is 1. The number of nitrogens with zero attached hydrogens (tertiary/aromatic N) is 2. The molecule has 0 bridgehead atoms. The number of rotatable bonds is 5. The molecule has 0 aliphatic carbocycles. The minimum absolute atomic E-state index is 0.151. The molecule has 0 radical (unpaired) electrons. The van der Waals surface area contributed by atoms with Gasteiger partial charge in [0.2, 0.25) is 0 Å². The molecule has 106 valence electrons. The number of furan rings is 1. The van der Waals surface area contributed by atoms with Crippen LogP contribution in [0.2, 0.25) is 0 Å². The molecular formula is C15H19N3O2. The molecule has 0 spiro atoms. The third-order valence-electron chi connectivity index (χ3n) is 2.95. The van der Waals surface area contributed by atoms with Crippen molar-refractivity contribution in [1.82, 2.24) is 4.90 Å². The van der Waals surface area contributed by atoms with Gasteiger partial charge in [-0.1, -0.05) is 0 Å². The number of hydrogen-bond donors (Lipinski definition) is 1. The first kappa shape index (κ1) is 14.1. The smallest absolute Gasteiger partial charge is 0.293 e. The summed E-state index contributed by atoms with van der Waals surface area (Å²) >= 11 is 0. The Kier molecular flexibility index (Phi) is 4.42. The first-order chi connectivity index (χ1) is 9.58. The van der Waals surface area contributed by atoms with E-state index in [0.717, 1.165) is 12.2 Å².